The second-order valence-electron chi connectivity index (χ2n) is 5.14. The number of methoxy groups -OCH3 is 1. The topological polar surface area (TPSA) is 37.0 Å². The molecule has 0 aliphatic carbocycles. The van der Waals surface area contributed by atoms with E-state index in [0.29, 0.717) is 5.92 Å². The van der Waals surface area contributed by atoms with E-state index in [1.807, 2.05) is 0 Å². The molecular formula is C15H20N2O. The molecule has 1 atom stereocenters. The van der Waals surface area contributed by atoms with Crippen molar-refractivity contribution in [3.63, 3.8) is 0 Å². The summed E-state index contributed by atoms with van der Waals surface area (Å²) in [5.74, 6) is 1.62. The Morgan fingerprint density at radius 3 is 2.94 bits per heavy atom. The minimum atomic E-state index is 0.577. The van der Waals surface area contributed by atoms with E-state index in [1.54, 1.807) is 7.11 Å². The highest BCUT2D eigenvalue weighted by molar-refractivity contribution is 5.88. The van der Waals surface area contributed by atoms with Gasteiger partial charge in [-0.25, -0.2) is 0 Å². The van der Waals surface area contributed by atoms with Gasteiger partial charge in [0.05, 0.1) is 7.11 Å². The third-order valence-corrected chi connectivity index (χ3v) is 3.86. The number of ether oxygens (including phenoxy) is 1. The minimum absolute atomic E-state index is 0.577. The zero-order chi connectivity index (χ0) is 12.5. The smallest absolute Gasteiger partial charge is 0.131 e. The van der Waals surface area contributed by atoms with Crippen LogP contribution in [0.2, 0.25) is 0 Å². The van der Waals surface area contributed by atoms with Crippen molar-refractivity contribution >= 4 is 10.9 Å². The first kappa shape index (κ1) is 11.6. The lowest BCUT2D eigenvalue weighted by atomic mass is 9.90. The number of piperidine rings is 1. The fourth-order valence-corrected chi connectivity index (χ4v) is 3.00. The minimum Gasteiger partial charge on any atom is -0.496 e. The molecule has 0 spiro atoms. The van der Waals surface area contributed by atoms with Gasteiger partial charge in [0, 0.05) is 29.1 Å². The van der Waals surface area contributed by atoms with Crippen LogP contribution in [-0.2, 0) is 0 Å². The first-order chi connectivity index (χ1) is 8.79. The van der Waals surface area contributed by atoms with E-state index in [4.69, 9.17) is 4.74 Å². The van der Waals surface area contributed by atoms with Crippen LogP contribution in [0.4, 0.5) is 0 Å². The quantitative estimate of drug-likeness (QED) is 0.852. The van der Waals surface area contributed by atoms with Crippen LogP contribution in [0.25, 0.3) is 10.9 Å². The summed E-state index contributed by atoms with van der Waals surface area (Å²) in [6.45, 7) is 4.29. The highest BCUT2D eigenvalue weighted by atomic mass is 16.5. The average molecular weight is 244 g/mol. The summed E-state index contributed by atoms with van der Waals surface area (Å²) in [4.78, 5) is 3.37. The van der Waals surface area contributed by atoms with Crippen molar-refractivity contribution in [2.45, 2.75) is 25.7 Å². The molecule has 0 radical (unpaired) electrons. The molecular weight excluding hydrogens is 224 g/mol. The number of hydrogen-bond donors (Lipinski definition) is 2. The fourth-order valence-electron chi connectivity index (χ4n) is 3.00. The average Bonchev–Trinajstić information content (AvgIpc) is 2.78. The summed E-state index contributed by atoms with van der Waals surface area (Å²) in [5.41, 5.74) is 3.69. The summed E-state index contributed by atoms with van der Waals surface area (Å²) in [6, 6.07) is 6.57. The normalized spacial score (nSPS) is 20.2. The number of aryl methyl sites for hydroxylation is 1. The summed E-state index contributed by atoms with van der Waals surface area (Å²) in [7, 11) is 1.77. The molecule has 1 aliphatic rings. The van der Waals surface area contributed by atoms with E-state index < -0.39 is 0 Å². The number of benzene rings is 1. The Hall–Kier alpha value is -1.48. The Morgan fingerprint density at radius 2 is 2.22 bits per heavy atom. The lowest BCUT2D eigenvalue weighted by molar-refractivity contribution is 0.397. The van der Waals surface area contributed by atoms with Gasteiger partial charge in [-0.05, 0) is 44.0 Å². The third kappa shape index (κ3) is 1.89. The maximum atomic E-state index is 5.68. The van der Waals surface area contributed by atoms with Crippen molar-refractivity contribution in [1.29, 1.82) is 0 Å². The van der Waals surface area contributed by atoms with E-state index in [0.717, 1.165) is 24.4 Å². The second-order valence-corrected chi connectivity index (χ2v) is 5.14. The summed E-state index contributed by atoms with van der Waals surface area (Å²) < 4.78 is 5.68. The number of H-pyrrole nitrogens is 1. The van der Waals surface area contributed by atoms with Crippen molar-refractivity contribution in [3.8, 4) is 5.75 Å². The van der Waals surface area contributed by atoms with Crippen LogP contribution in [-0.4, -0.2) is 25.2 Å². The van der Waals surface area contributed by atoms with Crippen LogP contribution in [0.15, 0.2) is 18.2 Å². The van der Waals surface area contributed by atoms with E-state index >= 15 is 0 Å². The SMILES string of the molecule is COc1c(C2CCCNC2)ccc2[nH]c(C)cc12. The standard InChI is InChI=1S/C15H20N2O/c1-10-8-13-14(17-10)6-5-12(15(13)18-2)11-4-3-7-16-9-11/h5-6,8,11,16-17H,3-4,7,9H2,1-2H3. The molecule has 3 nitrogen and oxygen atoms in total. The number of hydrogen-bond acceptors (Lipinski definition) is 2. The summed E-state index contributed by atoms with van der Waals surface area (Å²) in [6.07, 6.45) is 2.50. The predicted octanol–water partition coefficient (Wildman–Crippen LogP) is 2.95. The second kappa shape index (κ2) is 4.65. The van der Waals surface area contributed by atoms with Crippen molar-refractivity contribution < 1.29 is 4.74 Å². The van der Waals surface area contributed by atoms with Gasteiger partial charge in [0.2, 0.25) is 0 Å². The number of aromatic amines is 1. The monoisotopic (exact) mass is 244 g/mol. The molecule has 96 valence electrons. The van der Waals surface area contributed by atoms with E-state index in [2.05, 4.69) is 35.4 Å². The van der Waals surface area contributed by atoms with Crippen LogP contribution in [0.1, 0.15) is 30.0 Å². The van der Waals surface area contributed by atoms with Gasteiger partial charge in [-0.15, -0.1) is 0 Å². The Kier molecular flexibility index (Phi) is 3.00. The molecule has 1 aliphatic heterocycles. The molecule has 3 rings (SSSR count). The highest BCUT2D eigenvalue weighted by Gasteiger charge is 2.20. The Morgan fingerprint density at radius 1 is 1.33 bits per heavy atom. The number of nitrogens with one attached hydrogen (secondary N) is 2. The van der Waals surface area contributed by atoms with E-state index in [1.165, 1.54) is 29.5 Å². The molecule has 0 bridgehead atoms. The third-order valence-electron chi connectivity index (χ3n) is 3.86. The molecule has 0 saturated carbocycles. The number of rotatable bonds is 2. The molecule has 2 N–H and O–H groups in total. The van der Waals surface area contributed by atoms with Gasteiger partial charge in [0.1, 0.15) is 5.75 Å². The maximum Gasteiger partial charge on any atom is 0.131 e. The van der Waals surface area contributed by atoms with Gasteiger partial charge >= 0.3 is 0 Å². The van der Waals surface area contributed by atoms with Crippen LogP contribution in [0.5, 0.6) is 5.75 Å². The van der Waals surface area contributed by atoms with Crippen LogP contribution >= 0.6 is 0 Å². The molecule has 1 aromatic carbocycles. The molecule has 1 aromatic heterocycles. The van der Waals surface area contributed by atoms with Crippen molar-refractivity contribution in [3.05, 3.63) is 29.5 Å². The molecule has 3 heteroatoms. The van der Waals surface area contributed by atoms with Gasteiger partial charge in [0.15, 0.2) is 0 Å². The lowest BCUT2D eigenvalue weighted by Gasteiger charge is -2.25. The van der Waals surface area contributed by atoms with E-state index in [9.17, 15) is 0 Å². The van der Waals surface area contributed by atoms with Gasteiger partial charge in [-0.3, -0.25) is 0 Å². The van der Waals surface area contributed by atoms with Gasteiger partial charge in [-0.1, -0.05) is 6.07 Å². The first-order valence-electron chi connectivity index (χ1n) is 6.66. The van der Waals surface area contributed by atoms with Crippen LogP contribution < -0.4 is 10.1 Å². The molecule has 1 unspecified atom stereocenters. The van der Waals surface area contributed by atoms with E-state index in [-0.39, 0.29) is 0 Å². The molecule has 2 aromatic rings. The lowest BCUT2D eigenvalue weighted by Crippen LogP contribution is -2.28. The Balaban J connectivity index is 2.10. The van der Waals surface area contributed by atoms with Gasteiger partial charge in [0.25, 0.3) is 0 Å². The van der Waals surface area contributed by atoms with Crippen molar-refractivity contribution in [2.75, 3.05) is 20.2 Å². The Bertz CT molecular complexity index is 553. The van der Waals surface area contributed by atoms with Gasteiger partial charge < -0.3 is 15.0 Å². The van der Waals surface area contributed by atoms with Crippen LogP contribution in [0.3, 0.4) is 0 Å². The van der Waals surface area contributed by atoms with Crippen molar-refractivity contribution in [1.82, 2.24) is 10.3 Å². The van der Waals surface area contributed by atoms with Gasteiger partial charge in [-0.2, -0.15) is 0 Å². The molecule has 0 amide bonds. The molecule has 1 fully saturated rings. The van der Waals surface area contributed by atoms with Crippen LogP contribution in [0, 0.1) is 6.92 Å². The maximum absolute atomic E-state index is 5.68. The Labute approximate surface area is 108 Å². The highest BCUT2D eigenvalue weighted by Crippen LogP contribution is 2.37. The zero-order valence-corrected chi connectivity index (χ0v) is 11.0. The number of aromatic nitrogens is 1. The molecule has 2 heterocycles. The number of fused-ring (bicyclic) bond motifs is 1. The first-order valence-corrected chi connectivity index (χ1v) is 6.66. The largest absolute Gasteiger partial charge is 0.496 e. The zero-order valence-electron chi connectivity index (χ0n) is 11.0. The summed E-state index contributed by atoms with van der Waals surface area (Å²) >= 11 is 0. The fraction of sp³-hybridized carbons (Fsp3) is 0.467. The summed E-state index contributed by atoms with van der Waals surface area (Å²) in [5, 5.41) is 4.68. The van der Waals surface area contributed by atoms with Crippen molar-refractivity contribution in [2.24, 2.45) is 0 Å². The molecule has 18 heavy (non-hydrogen) atoms. The predicted molar refractivity (Wildman–Crippen MR) is 74.4 cm³/mol. The molecule has 1 saturated heterocycles.